The first-order valence-electron chi connectivity index (χ1n) is 7.12. The highest BCUT2D eigenvalue weighted by atomic mass is 19.4. The summed E-state index contributed by atoms with van der Waals surface area (Å²) in [6.07, 6.45) is -4.08. The minimum Gasteiger partial charge on any atom is -0.466 e. The minimum absolute atomic E-state index is 0.0584. The largest absolute Gasteiger partial charge is 0.573 e. The zero-order chi connectivity index (χ0) is 16.2. The van der Waals surface area contributed by atoms with E-state index < -0.39 is 6.36 Å². The van der Waals surface area contributed by atoms with Gasteiger partial charge in [-0.05, 0) is 37.0 Å². The highest BCUT2D eigenvalue weighted by molar-refractivity contribution is 5.73. The summed E-state index contributed by atoms with van der Waals surface area (Å²) in [6.45, 7) is 3.33. The lowest BCUT2D eigenvalue weighted by Gasteiger charge is -2.29. The molecule has 1 saturated heterocycles. The van der Waals surface area contributed by atoms with Crippen LogP contribution in [0.25, 0.3) is 0 Å². The van der Waals surface area contributed by atoms with Crippen LogP contribution in [0.1, 0.15) is 24.8 Å². The van der Waals surface area contributed by atoms with Gasteiger partial charge in [-0.3, -0.25) is 4.79 Å². The fraction of sp³-hybridized carbons (Fsp3) is 0.533. The number of esters is 1. The average molecular weight is 317 g/mol. The molecule has 0 radical (unpaired) electrons. The van der Waals surface area contributed by atoms with E-state index >= 15 is 0 Å². The van der Waals surface area contributed by atoms with Crippen LogP contribution in [-0.4, -0.2) is 32.0 Å². The average Bonchev–Trinajstić information content (AvgIpc) is 2.47. The van der Waals surface area contributed by atoms with Crippen LogP contribution in [0.3, 0.4) is 0 Å². The molecule has 0 amide bonds. The van der Waals surface area contributed by atoms with Crippen LogP contribution in [0, 0.1) is 5.92 Å². The Labute approximate surface area is 126 Å². The first kappa shape index (κ1) is 16.6. The molecule has 0 saturated carbocycles. The SMILES string of the molecule is CCOC(=O)C1CNCC(c2ccc(OC(F)(F)F)cc2)C1. The van der Waals surface area contributed by atoms with Gasteiger partial charge in [0.1, 0.15) is 5.75 Å². The van der Waals surface area contributed by atoms with Gasteiger partial charge in [-0.2, -0.15) is 0 Å². The van der Waals surface area contributed by atoms with E-state index in [4.69, 9.17) is 4.74 Å². The smallest absolute Gasteiger partial charge is 0.466 e. The molecule has 1 fully saturated rings. The van der Waals surface area contributed by atoms with E-state index in [1.54, 1.807) is 19.1 Å². The molecule has 2 rings (SSSR count). The van der Waals surface area contributed by atoms with Crippen LogP contribution < -0.4 is 10.1 Å². The summed E-state index contributed by atoms with van der Waals surface area (Å²) < 4.78 is 45.2. The third-order valence-corrected chi connectivity index (χ3v) is 3.56. The second-order valence-electron chi connectivity index (χ2n) is 5.16. The Kier molecular flexibility index (Phi) is 5.28. The van der Waals surface area contributed by atoms with Crippen molar-refractivity contribution in [3.63, 3.8) is 0 Å². The number of halogens is 3. The van der Waals surface area contributed by atoms with Gasteiger partial charge >= 0.3 is 12.3 Å². The molecule has 22 heavy (non-hydrogen) atoms. The van der Waals surface area contributed by atoms with Crippen molar-refractivity contribution in [3.8, 4) is 5.75 Å². The molecule has 1 aromatic carbocycles. The Balaban J connectivity index is 2.00. The molecule has 1 aliphatic rings. The molecule has 0 aromatic heterocycles. The van der Waals surface area contributed by atoms with E-state index in [0.29, 0.717) is 26.1 Å². The quantitative estimate of drug-likeness (QED) is 0.868. The number of ether oxygens (including phenoxy) is 2. The summed E-state index contributed by atoms with van der Waals surface area (Å²) in [7, 11) is 0. The van der Waals surface area contributed by atoms with E-state index in [9.17, 15) is 18.0 Å². The van der Waals surface area contributed by atoms with Gasteiger partial charge in [0.25, 0.3) is 0 Å². The third-order valence-electron chi connectivity index (χ3n) is 3.56. The monoisotopic (exact) mass is 317 g/mol. The van der Waals surface area contributed by atoms with Gasteiger partial charge in [-0.1, -0.05) is 12.1 Å². The summed E-state index contributed by atoms with van der Waals surface area (Å²) in [4.78, 5) is 11.8. The maximum atomic E-state index is 12.1. The fourth-order valence-electron chi connectivity index (χ4n) is 2.58. The van der Waals surface area contributed by atoms with Crippen LogP contribution in [0.4, 0.5) is 13.2 Å². The Hall–Kier alpha value is -1.76. The highest BCUT2D eigenvalue weighted by Crippen LogP contribution is 2.30. The van der Waals surface area contributed by atoms with Crippen LogP contribution in [0.5, 0.6) is 5.75 Å². The normalized spacial score (nSPS) is 22.2. The maximum Gasteiger partial charge on any atom is 0.573 e. The summed E-state index contributed by atoms with van der Waals surface area (Å²) in [6, 6.07) is 5.77. The molecule has 1 N–H and O–H groups in total. The Morgan fingerprint density at radius 2 is 1.95 bits per heavy atom. The van der Waals surface area contributed by atoms with Gasteiger partial charge < -0.3 is 14.8 Å². The molecular formula is C15H18F3NO3. The number of rotatable bonds is 4. The molecule has 0 aliphatic carbocycles. The lowest BCUT2D eigenvalue weighted by atomic mass is 9.85. The van der Waals surface area contributed by atoms with E-state index in [1.807, 2.05) is 0 Å². The maximum absolute atomic E-state index is 12.1. The summed E-state index contributed by atoms with van der Waals surface area (Å²) >= 11 is 0. The van der Waals surface area contributed by atoms with Crippen molar-refractivity contribution in [1.29, 1.82) is 0 Å². The van der Waals surface area contributed by atoms with Gasteiger partial charge in [0.15, 0.2) is 0 Å². The van der Waals surface area contributed by atoms with Crippen LogP contribution >= 0.6 is 0 Å². The Morgan fingerprint density at radius 3 is 2.55 bits per heavy atom. The van der Waals surface area contributed by atoms with Crippen molar-refractivity contribution < 1.29 is 27.4 Å². The van der Waals surface area contributed by atoms with E-state index in [-0.39, 0.29) is 23.6 Å². The molecule has 1 aliphatic heterocycles. The predicted molar refractivity (Wildman–Crippen MR) is 73.5 cm³/mol. The number of hydrogen-bond acceptors (Lipinski definition) is 4. The number of benzene rings is 1. The first-order chi connectivity index (χ1) is 10.4. The van der Waals surface area contributed by atoms with Crippen molar-refractivity contribution in [2.45, 2.75) is 25.6 Å². The summed E-state index contributed by atoms with van der Waals surface area (Å²) in [5, 5.41) is 3.16. The van der Waals surface area contributed by atoms with Crippen LogP contribution in [0.15, 0.2) is 24.3 Å². The lowest BCUT2D eigenvalue weighted by molar-refractivity contribution is -0.274. The predicted octanol–water partition coefficient (Wildman–Crippen LogP) is 2.84. The minimum atomic E-state index is -4.69. The van der Waals surface area contributed by atoms with Crippen LogP contribution in [0.2, 0.25) is 0 Å². The molecule has 0 bridgehead atoms. The number of hydrogen-bond donors (Lipinski definition) is 1. The Bertz CT molecular complexity index is 502. The molecule has 2 unspecified atom stereocenters. The molecule has 122 valence electrons. The third kappa shape index (κ3) is 4.62. The number of alkyl halides is 3. The fourth-order valence-corrected chi connectivity index (χ4v) is 2.58. The second-order valence-corrected chi connectivity index (χ2v) is 5.16. The molecule has 1 heterocycles. The molecule has 1 aromatic rings. The van der Waals surface area contributed by atoms with Crippen LogP contribution in [-0.2, 0) is 9.53 Å². The van der Waals surface area contributed by atoms with Gasteiger partial charge in [-0.25, -0.2) is 0 Å². The molecule has 4 nitrogen and oxygen atoms in total. The van der Waals surface area contributed by atoms with Crippen molar-refractivity contribution >= 4 is 5.97 Å². The van der Waals surface area contributed by atoms with Gasteiger partial charge in [0.2, 0.25) is 0 Å². The number of piperidine rings is 1. The van der Waals surface area contributed by atoms with Crippen molar-refractivity contribution in [3.05, 3.63) is 29.8 Å². The first-order valence-corrected chi connectivity index (χ1v) is 7.12. The molecule has 2 atom stereocenters. The van der Waals surface area contributed by atoms with Gasteiger partial charge in [0.05, 0.1) is 12.5 Å². The van der Waals surface area contributed by atoms with E-state index in [0.717, 1.165) is 5.56 Å². The van der Waals surface area contributed by atoms with Crippen molar-refractivity contribution in [2.75, 3.05) is 19.7 Å². The second kappa shape index (κ2) is 7.00. The van der Waals surface area contributed by atoms with E-state index in [1.165, 1.54) is 12.1 Å². The molecule has 0 spiro atoms. The van der Waals surface area contributed by atoms with E-state index in [2.05, 4.69) is 10.1 Å². The zero-order valence-corrected chi connectivity index (χ0v) is 12.2. The lowest BCUT2D eigenvalue weighted by Crippen LogP contribution is -2.39. The number of carbonyl (C=O) groups is 1. The van der Waals surface area contributed by atoms with Gasteiger partial charge in [0, 0.05) is 13.1 Å². The highest BCUT2D eigenvalue weighted by Gasteiger charge is 2.32. The molecule has 7 heteroatoms. The summed E-state index contributed by atoms with van der Waals surface area (Å²) in [5.41, 5.74) is 0.871. The van der Waals surface area contributed by atoms with Gasteiger partial charge in [-0.15, -0.1) is 13.2 Å². The summed E-state index contributed by atoms with van der Waals surface area (Å²) in [5.74, 6) is -0.661. The Morgan fingerprint density at radius 1 is 1.27 bits per heavy atom. The van der Waals surface area contributed by atoms with Crippen molar-refractivity contribution in [2.24, 2.45) is 5.92 Å². The molecular weight excluding hydrogens is 299 g/mol. The van der Waals surface area contributed by atoms with Crippen molar-refractivity contribution in [1.82, 2.24) is 5.32 Å². The zero-order valence-electron chi connectivity index (χ0n) is 12.2. The number of carbonyl (C=O) groups excluding carboxylic acids is 1. The topological polar surface area (TPSA) is 47.6 Å². The standard InChI is InChI=1S/C15H18F3NO3/c1-2-21-14(20)12-7-11(8-19-9-12)10-3-5-13(6-4-10)22-15(16,17)18/h3-6,11-12,19H,2,7-9H2,1H3. The number of nitrogens with one attached hydrogen (secondary N) is 1.